The molecule has 1 atom stereocenters. The first kappa shape index (κ1) is 75.5. The Kier molecular flexibility index (Phi) is 63.3. The van der Waals surface area contributed by atoms with E-state index in [4.69, 9.17) is 14.2 Å². The van der Waals surface area contributed by atoms with Crippen LogP contribution in [0.1, 0.15) is 297 Å². The number of hydrogen-bond donors (Lipinski definition) is 0. The maximum atomic E-state index is 12.9. The number of rotatable bonds is 59. The van der Waals surface area contributed by atoms with E-state index in [1.807, 2.05) is 0 Å². The van der Waals surface area contributed by atoms with Crippen molar-refractivity contribution in [2.24, 2.45) is 0 Å². The number of esters is 3. The number of ether oxygens (including phenoxy) is 3. The summed E-state index contributed by atoms with van der Waals surface area (Å²) >= 11 is 0. The molecule has 0 fully saturated rings. The van der Waals surface area contributed by atoms with Crippen LogP contribution >= 0.6 is 0 Å². The second kappa shape index (κ2) is 67.1. The fourth-order valence-corrected chi connectivity index (χ4v) is 9.00. The highest BCUT2D eigenvalue weighted by Crippen LogP contribution is 2.16. The van der Waals surface area contributed by atoms with Crippen LogP contribution in [0.15, 0.2) is 134 Å². The highest BCUT2D eigenvalue weighted by molar-refractivity contribution is 5.71. The zero-order valence-corrected chi connectivity index (χ0v) is 52.0. The molecule has 0 aromatic rings. The lowest BCUT2D eigenvalue weighted by Gasteiger charge is -2.18. The van der Waals surface area contributed by atoms with Crippen LogP contribution in [-0.2, 0) is 28.6 Å². The summed E-state index contributed by atoms with van der Waals surface area (Å²) in [7, 11) is 0. The Bertz CT molecular complexity index is 1700. The van der Waals surface area contributed by atoms with Crippen molar-refractivity contribution in [2.75, 3.05) is 13.2 Å². The zero-order chi connectivity index (χ0) is 57.8. The Balaban J connectivity index is 4.31. The summed E-state index contributed by atoms with van der Waals surface area (Å²) in [5.74, 6) is -0.923. The van der Waals surface area contributed by atoms with Gasteiger partial charge in [0.05, 0.1) is 0 Å². The van der Waals surface area contributed by atoms with Crippen LogP contribution in [0.25, 0.3) is 0 Å². The van der Waals surface area contributed by atoms with Gasteiger partial charge in [-0.3, -0.25) is 14.4 Å². The van der Waals surface area contributed by atoms with Crippen LogP contribution in [0, 0.1) is 0 Å². The molecule has 0 saturated carbocycles. The van der Waals surface area contributed by atoms with Crippen LogP contribution in [0.2, 0.25) is 0 Å². The van der Waals surface area contributed by atoms with Crippen LogP contribution in [0.5, 0.6) is 0 Å². The van der Waals surface area contributed by atoms with Gasteiger partial charge in [-0.25, -0.2) is 0 Å². The predicted octanol–water partition coefficient (Wildman–Crippen LogP) is 22.9. The van der Waals surface area contributed by atoms with E-state index < -0.39 is 6.10 Å². The molecule has 0 aliphatic carbocycles. The van der Waals surface area contributed by atoms with Gasteiger partial charge in [0.25, 0.3) is 0 Å². The van der Waals surface area contributed by atoms with Gasteiger partial charge in [-0.05, 0) is 116 Å². The van der Waals surface area contributed by atoms with Crippen molar-refractivity contribution in [1.29, 1.82) is 0 Å². The van der Waals surface area contributed by atoms with E-state index in [0.717, 1.165) is 135 Å². The molecule has 0 aliphatic rings. The highest BCUT2D eigenvalue weighted by atomic mass is 16.6. The lowest BCUT2D eigenvalue weighted by Crippen LogP contribution is -2.30. The third-order valence-electron chi connectivity index (χ3n) is 13.9. The van der Waals surface area contributed by atoms with Crippen molar-refractivity contribution >= 4 is 17.9 Å². The number of allylic oxidation sites excluding steroid dienone is 22. The fraction of sp³-hybridized carbons (Fsp3) is 0.662. The molecule has 0 N–H and O–H groups in total. The van der Waals surface area contributed by atoms with Gasteiger partial charge in [0.15, 0.2) is 6.10 Å². The summed E-state index contributed by atoms with van der Waals surface area (Å²) in [5.41, 5.74) is 0. The largest absolute Gasteiger partial charge is 0.462 e. The van der Waals surface area contributed by atoms with E-state index in [9.17, 15) is 14.4 Å². The minimum absolute atomic E-state index is 0.0923. The van der Waals surface area contributed by atoms with Crippen LogP contribution in [0.3, 0.4) is 0 Å². The standard InChI is InChI=1S/C74H122O6/c1-4-7-10-13-16-19-22-24-26-28-30-32-34-36-37-39-40-42-44-46-48-50-52-55-58-61-64-67-73(76)79-70-71(69-78-72(75)66-63-60-57-54-21-18-15-12-9-6-3)80-74(77)68-65-62-59-56-53-51-49-47-45-43-41-38-35-33-31-29-27-25-23-20-17-14-11-8-5-2/h7-8,10-11,16-17,19-20,24-27,30-33,38,41,45,47,51,53,71H,4-6,9,12-15,18,21-23,28-29,34-37,39-40,42-44,46,48-50,52,54-70H2,1-3H3/b10-7-,11-8-,19-16-,20-17-,26-24-,27-25-,32-30-,33-31-,41-38-,47-45-,53-51-. The number of hydrogen-bond acceptors (Lipinski definition) is 6. The van der Waals surface area contributed by atoms with Gasteiger partial charge in [-0.15, -0.1) is 0 Å². The molecule has 454 valence electrons. The lowest BCUT2D eigenvalue weighted by molar-refractivity contribution is -0.167. The maximum absolute atomic E-state index is 12.9. The van der Waals surface area contributed by atoms with Crippen molar-refractivity contribution < 1.29 is 28.6 Å². The first-order valence-electron chi connectivity index (χ1n) is 33.2. The molecular formula is C74H122O6. The molecule has 0 rings (SSSR count). The van der Waals surface area contributed by atoms with Gasteiger partial charge in [0.1, 0.15) is 13.2 Å². The van der Waals surface area contributed by atoms with Gasteiger partial charge in [-0.2, -0.15) is 0 Å². The third kappa shape index (κ3) is 64.4. The molecule has 1 unspecified atom stereocenters. The summed E-state index contributed by atoms with van der Waals surface area (Å²) < 4.78 is 16.9. The molecule has 0 aromatic heterocycles. The normalized spacial score (nSPS) is 13.0. The number of carbonyl (C=O) groups excluding carboxylic acids is 3. The van der Waals surface area contributed by atoms with Crippen LogP contribution in [-0.4, -0.2) is 37.2 Å². The summed E-state index contributed by atoms with van der Waals surface area (Å²) in [4.78, 5) is 38.3. The Labute approximate surface area is 494 Å². The molecule has 0 bridgehead atoms. The summed E-state index contributed by atoms with van der Waals surface area (Å²) in [6.45, 7) is 6.39. The minimum atomic E-state index is -0.799. The second-order valence-corrected chi connectivity index (χ2v) is 21.6. The first-order chi connectivity index (χ1) is 39.5. The van der Waals surface area contributed by atoms with E-state index in [1.165, 1.54) is 122 Å². The molecule has 6 nitrogen and oxygen atoms in total. The van der Waals surface area contributed by atoms with Gasteiger partial charge in [0.2, 0.25) is 0 Å². The highest BCUT2D eigenvalue weighted by Gasteiger charge is 2.19. The number of unbranched alkanes of at least 4 members (excludes halogenated alkanes) is 26. The molecule has 0 amide bonds. The minimum Gasteiger partial charge on any atom is -0.462 e. The second-order valence-electron chi connectivity index (χ2n) is 21.6. The predicted molar refractivity (Wildman–Crippen MR) is 348 cm³/mol. The molecule has 0 saturated heterocycles. The van der Waals surface area contributed by atoms with Crippen molar-refractivity contribution in [2.45, 2.75) is 303 Å². The quantitative estimate of drug-likeness (QED) is 0.0261. The van der Waals surface area contributed by atoms with E-state index in [1.54, 1.807) is 0 Å². The van der Waals surface area contributed by atoms with Crippen LogP contribution in [0.4, 0.5) is 0 Å². The van der Waals surface area contributed by atoms with Crippen LogP contribution < -0.4 is 0 Å². The fourth-order valence-electron chi connectivity index (χ4n) is 9.00. The van der Waals surface area contributed by atoms with Crippen molar-refractivity contribution in [3.63, 3.8) is 0 Å². The molecule has 0 radical (unpaired) electrons. The Morgan fingerprint density at radius 1 is 0.263 bits per heavy atom. The van der Waals surface area contributed by atoms with E-state index in [-0.39, 0.29) is 37.5 Å². The van der Waals surface area contributed by atoms with Gasteiger partial charge in [-0.1, -0.05) is 296 Å². The van der Waals surface area contributed by atoms with E-state index >= 15 is 0 Å². The van der Waals surface area contributed by atoms with Crippen molar-refractivity contribution in [3.05, 3.63) is 134 Å². The average Bonchev–Trinajstić information content (AvgIpc) is 3.46. The Hall–Kier alpha value is -4.45. The van der Waals surface area contributed by atoms with E-state index in [0.29, 0.717) is 12.8 Å². The zero-order valence-electron chi connectivity index (χ0n) is 52.0. The van der Waals surface area contributed by atoms with Gasteiger partial charge >= 0.3 is 17.9 Å². The first-order valence-corrected chi connectivity index (χ1v) is 33.2. The third-order valence-corrected chi connectivity index (χ3v) is 13.9. The molecule has 80 heavy (non-hydrogen) atoms. The average molecular weight is 1110 g/mol. The summed E-state index contributed by atoms with van der Waals surface area (Å²) in [6.07, 6.45) is 94.7. The lowest BCUT2D eigenvalue weighted by atomic mass is 10.0. The maximum Gasteiger partial charge on any atom is 0.306 e. The molecular weight excluding hydrogens is 985 g/mol. The molecule has 0 aliphatic heterocycles. The molecule has 0 heterocycles. The molecule has 0 spiro atoms. The Morgan fingerprint density at radius 3 is 0.775 bits per heavy atom. The molecule has 0 aromatic carbocycles. The molecule has 6 heteroatoms. The SMILES string of the molecule is CC/C=C\C/C=C\C/C=C\C/C=C\C/C=C\C/C=C\C/C=C\CCCCCC(=O)OC(COC(=O)CCCCCCCCCCCC)COC(=O)CCCCCCCCCCCCCCCC/C=C\C/C=C\C/C=C\C/C=C\CC. The van der Waals surface area contributed by atoms with Gasteiger partial charge < -0.3 is 14.2 Å². The van der Waals surface area contributed by atoms with Crippen molar-refractivity contribution in [3.8, 4) is 0 Å². The number of carbonyl (C=O) groups is 3. The monoisotopic (exact) mass is 1110 g/mol. The Morgan fingerprint density at radius 2 is 0.487 bits per heavy atom. The van der Waals surface area contributed by atoms with E-state index in [2.05, 4.69) is 154 Å². The smallest absolute Gasteiger partial charge is 0.306 e. The van der Waals surface area contributed by atoms with Gasteiger partial charge in [0, 0.05) is 19.3 Å². The summed E-state index contributed by atoms with van der Waals surface area (Å²) in [6, 6.07) is 0. The van der Waals surface area contributed by atoms with Crippen molar-refractivity contribution in [1.82, 2.24) is 0 Å². The topological polar surface area (TPSA) is 78.9 Å². The summed E-state index contributed by atoms with van der Waals surface area (Å²) in [5, 5.41) is 0.